The molecule has 0 radical (unpaired) electrons. The molecular weight excluding hydrogens is 410 g/mol. The number of amides is 2. The molecule has 0 bridgehead atoms. The summed E-state index contributed by atoms with van der Waals surface area (Å²) in [6.07, 6.45) is 0.706. The highest BCUT2D eigenvalue weighted by Gasteiger charge is 2.21. The number of aromatic nitrogens is 2. The average Bonchev–Trinajstić information content (AvgIpc) is 2.81. The maximum atomic E-state index is 12.6. The lowest BCUT2D eigenvalue weighted by Gasteiger charge is -2.23. The summed E-state index contributed by atoms with van der Waals surface area (Å²) in [7, 11) is 3.19. The van der Waals surface area contributed by atoms with Crippen LogP contribution in [-0.4, -0.2) is 42.9 Å². The van der Waals surface area contributed by atoms with Crippen molar-refractivity contribution in [1.82, 2.24) is 14.9 Å². The van der Waals surface area contributed by atoms with Gasteiger partial charge in [-0.3, -0.25) is 4.57 Å². The van der Waals surface area contributed by atoms with E-state index in [1.165, 1.54) is 0 Å². The van der Waals surface area contributed by atoms with E-state index in [1.54, 1.807) is 18.8 Å². The molecule has 2 amide bonds. The second kappa shape index (κ2) is 9.42. The number of nitrogens with zero attached hydrogens (tertiary/aromatic N) is 2. The predicted molar refractivity (Wildman–Crippen MR) is 123 cm³/mol. The van der Waals surface area contributed by atoms with Crippen molar-refractivity contribution < 1.29 is 14.3 Å². The maximum Gasteiger partial charge on any atom is 0.349 e. The van der Waals surface area contributed by atoms with Crippen molar-refractivity contribution >= 4 is 17.5 Å². The largest absolute Gasteiger partial charge is 0.493 e. The number of aryl methyl sites for hydroxylation is 1. The van der Waals surface area contributed by atoms with E-state index in [2.05, 4.69) is 20.9 Å². The SMILES string of the molecule is COc1cc2c(cc1OC)-c1cc(NCCNC(=O)Nc3ccccc3)nc(=O)n1CC2. The highest BCUT2D eigenvalue weighted by atomic mass is 16.5. The summed E-state index contributed by atoms with van der Waals surface area (Å²) in [4.78, 5) is 28.7. The topological polar surface area (TPSA) is 107 Å². The molecule has 1 aliphatic heterocycles. The Bertz CT molecular complexity index is 1180. The highest BCUT2D eigenvalue weighted by Crippen LogP contribution is 2.38. The fraction of sp³-hybridized carbons (Fsp3) is 0.261. The third-order valence-corrected chi connectivity index (χ3v) is 5.25. The number of hydrogen-bond acceptors (Lipinski definition) is 6. The molecule has 4 rings (SSSR count). The van der Waals surface area contributed by atoms with Gasteiger partial charge in [-0.15, -0.1) is 0 Å². The number of hydrogen-bond donors (Lipinski definition) is 3. The van der Waals surface area contributed by atoms with Crippen LogP contribution in [0.25, 0.3) is 11.3 Å². The van der Waals surface area contributed by atoms with Gasteiger partial charge in [0.15, 0.2) is 11.5 Å². The van der Waals surface area contributed by atoms with Crippen LogP contribution >= 0.6 is 0 Å². The molecule has 9 heteroatoms. The maximum absolute atomic E-state index is 12.6. The summed E-state index contributed by atoms with van der Waals surface area (Å²) in [5.41, 5.74) is 3.16. The van der Waals surface area contributed by atoms with Crippen molar-refractivity contribution in [3.05, 3.63) is 64.6 Å². The lowest BCUT2D eigenvalue weighted by atomic mass is 9.97. The minimum atomic E-state index is -0.319. The van der Waals surface area contributed by atoms with Gasteiger partial charge in [0.05, 0.1) is 19.9 Å². The van der Waals surface area contributed by atoms with Crippen LogP contribution in [0.1, 0.15) is 5.56 Å². The van der Waals surface area contributed by atoms with Crippen LogP contribution in [0.5, 0.6) is 11.5 Å². The second-order valence-electron chi connectivity index (χ2n) is 7.25. The van der Waals surface area contributed by atoms with Crippen molar-refractivity contribution in [3.8, 4) is 22.8 Å². The minimum Gasteiger partial charge on any atom is -0.493 e. The summed E-state index contributed by atoms with van der Waals surface area (Å²) >= 11 is 0. The number of nitrogens with one attached hydrogen (secondary N) is 3. The average molecular weight is 435 g/mol. The zero-order valence-electron chi connectivity index (χ0n) is 18.0. The first kappa shape index (κ1) is 21.2. The van der Waals surface area contributed by atoms with E-state index in [9.17, 15) is 9.59 Å². The Labute approximate surface area is 185 Å². The van der Waals surface area contributed by atoms with Gasteiger partial charge in [-0.05, 0) is 36.2 Å². The van der Waals surface area contributed by atoms with E-state index in [0.717, 1.165) is 16.8 Å². The van der Waals surface area contributed by atoms with Gasteiger partial charge in [-0.1, -0.05) is 18.2 Å². The number of ether oxygens (including phenoxy) is 2. The van der Waals surface area contributed by atoms with Crippen molar-refractivity contribution in [3.63, 3.8) is 0 Å². The van der Waals surface area contributed by atoms with Crippen molar-refractivity contribution in [2.75, 3.05) is 37.9 Å². The van der Waals surface area contributed by atoms with E-state index < -0.39 is 0 Å². The van der Waals surface area contributed by atoms with Gasteiger partial charge in [-0.2, -0.15) is 4.98 Å². The van der Waals surface area contributed by atoms with Gasteiger partial charge >= 0.3 is 11.7 Å². The molecule has 166 valence electrons. The van der Waals surface area contributed by atoms with Gasteiger partial charge in [-0.25, -0.2) is 9.59 Å². The first-order valence-corrected chi connectivity index (χ1v) is 10.3. The van der Waals surface area contributed by atoms with E-state index >= 15 is 0 Å². The van der Waals surface area contributed by atoms with E-state index in [-0.39, 0.29) is 11.7 Å². The standard InChI is InChI=1S/C23H25N5O4/c1-31-19-12-15-8-11-28-18(17(15)13-20(19)32-2)14-21(27-23(28)30)24-9-10-25-22(29)26-16-6-4-3-5-7-16/h3-7,12-14H,8-11H2,1-2H3,(H,24,27,30)(H2,25,26,29). The summed E-state index contributed by atoms with van der Waals surface area (Å²) in [6.45, 7) is 1.32. The van der Waals surface area contributed by atoms with Crippen LogP contribution in [0.3, 0.4) is 0 Å². The van der Waals surface area contributed by atoms with Gasteiger partial charge in [0.25, 0.3) is 0 Å². The van der Waals surface area contributed by atoms with Gasteiger partial charge in [0.1, 0.15) is 5.82 Å². The molecule has 9 nitrogen and oxygen atoms in total. The normalized spacial score (nSPS) is 11.7. The quantitative estimate of drug-likeness (QED) is 0.493. The third kappa shape index (κ3) is 4.51. The summed E-state index contributed by atoms with van der Waals surface area (Å²) in [5, 5.41) is 8.63. The Balaban J connectivity index is 1.44. The predicted octanol–water partition coefficient (Wildman–Crippen LogP) is 2.72. The number of methoxy groups -OCH3 is 2. The Morgan fingerprint density at radius 1 is 1.06 bits per heavy atom. The number of urea groups is 1. The minimum absolute atomic E-state index is 0.300. The molecule has 0 unspecified atom stereocenters. The van der Waals surface area contributed by atoms with Crippen molar-refractivity contribution in [2.45, 2.75) is 13.0 Å². The van der Waals surface area contributed by atoms with Crippen LogP contribution < -0.4 is 31.1 Å². The monoisotopic (exact) mass is 435 g/mol. The lowest BCUT2D eigenvalue weighted by Crippen LogP contribution is -2.33. The Kier molecular flexibility index (Phi) is 6.25. The molecule has 0 spiro atoms. The van der Waals surface area contributed by atoms with Gasteiger partial charge in [0.2, 0.25) is 0 Å². The number of para-hydroxylation sites is 1. The number of anilines is 2. The first-order valence-electron chi connectivity index (χ1n) is 10.3. The first-order chi connectivity index (χ1) is 15.6. The van der Waals surface area contributed by atoms with Crippen LogP contribution in [0.4, 0.5) is 16.3 Å². The summed E-state index contributed by atoms with van der Waals surface area (Å²) < 4.78 is 12.5. The zero-order valence-corrected chi connectivity index (χ0v) is 18.0. The highest BCUT2D eigenvalue weighted by molar-refractivity contribution is 5.89. The van der Waals surface area contributed by atoms with E-state index in [1.807, 2.05) is 48.5 Å². The molecule has 0 atom stereocenters. The van der Waals surface area contributed by atoms with E-state index in [0.29, 0.717) is 49.1 Å². The molecule has 1 aliphatic rings. The number of benzene rings is 2. The molecule has 0 saturated heterocycles. The molecule has 2 heterocycles. The number of fused-ring (bicyclic) bond motifs is 3. The van der Waals surface area contributed by atoms with E-state index in [4.69, 9.17) is 9.47 Å². The van der Waals surface area contributed by atoms with Crippen molar-refractivity contribution in [1.29, 1.82) is 0 Å². The fourth-order valence-electron chi connectivity index (χ4n) is 3.70. The number of rotatable bonds is 7. The fourth-order valence-corrected chi connectivity index (χ4v) is 3.70. The lowest BCUT2D eigenvalue weighted by molar-refractivity contribution is 0.252. The Morgan fingerprint density at radius 2 is 1.81 bits per heavy atom. The molecular formula is C23H25N5O4. The molecule has 0 aliphatic carbocycles. The van der Waals surface area contributed by atoms with Crippen molar-refractivity contribution in [2.24, 2.45) is 0 Å². The smallest absolute Gasteiger partial charge is 0.349 e. The Hall–Kier alpha value is -4.01. The van der Waals surface area contributed by atoms with Gasteiger partial charge < -0.3 is 25.4 Å². The van der Waals surface area contributed by atoms with Crippen LogP contribution in [0, 0.1) is 0 Å². The molecule has 1 aromatic heterocycles. The Morgan fingerprint density at radius 3 is 2.56 bits per heavy atom. The summed E-state index contributed by atoms with van der Waals surface area (Å²) in [5.74, 6) is 1.72. The zero-order chi connectivity index (χ0) is 22.5. The van der Waals surface area contributed by atoms with Crippen LogP contribution in [-0.2, 0) is 13.0 Å². The van der Waals surface area contributed by atoms with Crippen LogP contribution in [0.2, 0.25) is 0 Å². The van der Waals surface area contributed by atoms with Crippen LogP contribution in [0.15, 0.2) is 53.3 Å². The number of carbonyl (C=O) groups is 1. The molecule has 2 aromatic carbocycles. The molecule has 0 fully saturated rings. The summed E-state index contributed by atoms with van der Waals surface area (Å²) in [6, 6.07) is 14.6. The third-order valence-electron chi connectivity index (χ3n) is 5.25. The number of carbonyl (C=O) groups excluding carboxylic acids is 1. The molecule has 0 saturated carbocycles. The molecule has 3 aromatic rings. The second-order valence-corrected chi connectivity index (χ2v) is 7.25. The van der Waals surface area contributed by atoms with Gasteiger partial charge in [0, 0.05) is 37.0 Å². The molecule has 32 heavy (non-hydrogen) atoms. The molecule has 3 N–H and O–H groups in total.